The molecule has 1 heterocycles. The fourth-order valence-corrected chi connectivity index (χ4v) is 2.74. The fraction of sp³-hybridized carbons (Fsp3) is 0.143. The number of carbonyl (C=O) groups is 2. The van der Waals surface area contributed by atoms with Crippen LogP contribution in [0.5, 0.6) is 0 Å². The van der Waals surface area contributed by atoms with Gasteiger partial charge in [-0.25, -0.2) is 9.97 Å². The lowest BCUT2D eigenvalue weighted by Crippen LogP contribution is -2.14. The molecule has 0 saturated carbocycles. The molecule has 1 amide bonds. The first-order valence-corrected chi connectivity index (χ1v) is 8.53. The molecule has 0 radical (unpaired) electrons. The molecular weight excluding hydrogens is 340 g/mol. The topological polar surface area (TPSA) is 84.0 Å². The van der Waals surface area contributed by atoms with Gasteiger partial charge in [-0.3, -0.25) is 9.59 Å². The lowest BCUT2D eigenvalue weighted by Gasteiger charge is -2.11. The van der Waals surface area contributed by atoms with E-state index < -0.39 is 0 Å². The maximum absolute atomic E-state index is 12.6. The van der Waals surface area contributed by atoms with Crippen molar-refractivity contribution in [3.63, 3.8) is 0 Å². The highest BCUT2D eigenvalue weighted by molar-refractivity contribution is 6.09. The number of hydrogen-bond donors (Lipinski definition) is 2. The molecule has 6 nitrogen and oxygen atoms in total. The van der Waals surface area contributed by atoms with E-state index in [9.17, 15) is 9.59 Å². The molecule has 27 heavy (non-hydrogen) atoms. The number of nitrogens with one attached hydrogen (secondary N) is 2. The molecule has 0 aliphatic carbocycles. The van der Waals surface area contributed by atoms with E-state index >= 15 is 0 Å². The van der Waals surface area contributed by atoms with Gasteiger partial charge in [-0.05, 0) is 57.2 Å². The Morgan fingerprint density at radius 1 is 0.889 bits per heavy atom. The number of aryl methyl sites for hydroxylation is 2. The lowest BCUT2D eigenvalue weighted by atomic mass is 10.1. The van der Waals surface area contributed by atoms with Crippen molar-refractivity contribution in [2.75, 3.05) is 10.6 Å². The molecule has 0 atom stereocenters. The number of amides is 1. The number of para-hydroxylation sites is 1. The van der Waals surface area contributed by atoms with E-state index in [2.05, 4.69) is 20.6 Å². The summed E-state index contributed by atoms with van der Waals surface area (Å²) in [4.78, 5) is 33.0. The van der Waals surface area contributed by atoms with Crippen LogP contribution in [0.15, 0.2) is 54.6 Å². The van der Waals surface area contributed by atoms with Crippen LogP contribution in [0.1, 0.15) is 39.0 Å². The second kappa shape index (κ2) is 7.78. The number of benzene rings is 2. The summed E-state index contributed by atoms with van der Waals surface area (Å²) in [5.41, 5.74) is 3.85. The first-order chi connectivity index (χ1) is 12.9. The van der Waals surface area contributed by atoms with Crippen molar-refractivity contribution in [3.8, 4) is 0 Å². The van der Waals surface area contributed by atoms with Crippen molar-refractivity contribution in [1.82, 2.24) is 9.97 Å². The van der Waals surface area contributed by atoms with Crippen LogP contribution < -0.4 is 10.6 Å². The Bertz CT molecular complexity index is 994. The molecule has 0 fully saturated rings. The Hall–Kier alpha value is -3.54. The third kappa shape index (κ3) is 4.55. The predicted octanol–water partition coefficient (Wildman–Crippen LogP) is 4.29. The van der Waals surface area contributed by atoms with Gasteiger partial charge >= 0.3 is 0 Å². The van der Waals surface area contributed by atoms with E-state index in [4.69, 9.17) is 0 Å². The minimum absolute atomic E-state index is 0.103. The molecule has 6 heteroatoms. The SMILES string of the molecule is CC(=O)c1ccccc1NC(=O)c1cccc(Nc2nc(C)cc(C)n2)c1. The highest BCUT2D eigenvalue weighted by atomic mass is 16.1. The zero-order valence-electron chi connectivity index (χ0n) is 15.4. The average molecular weight is 360 g/mol. The molecule has 3 rings (SSSR count). The van der Waals surface area contributed by atoms with Crippen LogP contribution in [0.25, 0.3) is 0 Å². The summed E-state index contributed by atoms with van der Waals surface area (Å²) in [5, 5.41) is 5.92. The van der Waals surface area contributed by atoms with Crippen molar-refractivity contribution >= 4 is 29.0 Å². The number of Topliss-reactive ketones (excluding diaryl/α,β-unsaturated/α-hetero) is 1. The maximum Gasteiger partial charge on any atom is 0.255 e. The smallest absolute Gasteiger partial charge is 0.255 e. The van der Waals surface area contributed by atoms with Crippen LogP contribution in [0, 0.1) is 13.8 Å². The van der Waals surface area contributed by atoms with Crippen molar-refractivity contribution < 1.29 is 9.59 Å². The van der Waals surface area contributed by atoms with E-state index in [-0.39, 0.29) is 11.7 Å². The summed E-state index contributed by atoms with van der Waals surface area (Å²) in [6.45, 7) is 5.27. The monoisotopic (exact) mass is 360 g/mol. The molecule has 3 aromatic rings. The molecule has 1 aromatic heterocycles. The lowest BCUT2D eigenvalue weighted by molar-refractivity contribution is 0.101. The van der Waals surface area contributed by atoms with Crippen molar-refractivity contribution in [2.24, 2.45) is 0 Å². The Balaban J connectivity index is 1.81. The third-order valence-corrected chi connectivity index (χ3v) is 3.92. The minimum Gasteiger partial charge on any atom is -0.324 e. The Morgan fingerprint density at radius 2 is 1.59 bits per heavy atom. The molecule has 2 N–H and O–H groups in total. The molecule has 2 aromatic carbocycles. The maximum atomic E-state index is 12.6. The van der Waals surface area contributed by atoms with Gasteiger partial charge in [0.25, 0.3) is 5.91 Å². The van der Waals surface area contributed by atoms with Gasteiger partial charge in [-0.15, -0.1) is 0 Å². The van der Waals surface area contributed by atoms with Crippen molar-refractivity contribution in [2.45, 2.75) is 20.8 Å². The zero-order chi connectivity index (χ0) is 19.4. The van der Waals surface area contributed by atoms with Crippen LogP contribution in [-0.4, -0.2) is 21.7 Å². The van der Waals surface area contributed by atoms with Crippen LogP contribution in [-0.2, 0) is 0 Å². The third-order valence-electron chi connectivity index (χ3n) is 3.92. The minimum atomic E-state index is -0.298. The first-order valence-electron chi connectivity index (χ1n) is 8.53. The summed E-state index contributed by atoms with van der Waals surface area (Å²) in [6.07, 6.45) is 0. The van der Waals surface area contributed by atoms with E-state index in [0.717, 1.165) is 11.4 Å². The average Bonchev–Trinajstić information content (AvgIpc) is 2.61. The van der Waals surface area contributed by atoms with E-state index in [1.807, 2.05) is 26.0 Å². The van der Waals surface area contributed by atoms with Gasteiger partial charge in [0.05, 0.1) is 5.69 Å². The Morgan fingerprint density at radius 3 is 2.30 bits per heavy atom. The van der Waals surface area contributed by atoms with Gasteiger partial charge in [-0.2, -0.15) is 0 Å². The molecule has 0 saturated heterocycles. The molecule has 0 unspecified atom stereocenters. The van der Waals surface area contributed by atoms with E-state index in [0.29, 0.717) is 28.5 Å². The highest BCUT2D eigenvalue weighted by Crippen LogP contribution is 2.19. The number of ketones is 1. The van der Waals surface area contributed by atoms with Crippen molar-refractivity contribution in [3.05, 3.63) is 77.1 Å². The summed E-state index contributed by atoms with van der Waals surface area (Å²) in [6, 6.07) is 15.9. The Labute approximate surface area is 157 Å². The molecule has 0 aliphatic rings. The van der Waals surface area contributed by atoms with Crippen LogP contribution >= 0.6 is 0 Å². The summed E-state index contributed by atoms with van der Waals surface area (Å²) in [7, 11) is 0. The standard InChI is InChI=1S/C21H20N4O2/c1-13-11-14(2)23-21(22-13)24-17-8-6-7-16(12-17)20(27)25-19-10-5-4-9-18(19)15(3)26/h4-12H,1-3H3,(H,25,27)(H,22,23,24). The molecule has 0 bridgehead atoms. The second-order valence-electron chi connectivity index (χ2n) is 6.24. The summed E-state index contributed by atoms with van der Waals surface area (Å²) < 4.78 is 0. The molecule has 136 valence electrons. The van der Waals surface area contributed by atoms with Crippen LogP contribution in [0.3, 0.4) is 0 Å². The van der Waals surface area contributed by atoms with Crippen LogP contribution in [0.4, 0.5) is 17.3 Å². The number of rotatable bonds is 5. The quantitative estimate of drug-likeness (QED) is 0.663. The Kier molecular flexibility index (Phi) is 5.26. The highest BCUT2D eigenvalue weighted by Gasteiger charge is 2.12. The fourth-order valence-electron chi connectivity index (χ4n) is 2.74. The molecular formula is C21H20N4O2. The van der Waals surface area contributed by atoms with Crippen LogP contribution in [0.2, 0.25) is 0 Å². The first kappa shape index (κ1) is 18.3. The van der Waals surface area contributed by atoms with Gasteiger partial charge < -0.3 is 10.6 Å². The number of nitrogens with zero attached hydrogens (tertiary/aromatic N) is 2. The summed E-state index contributed by atoms with van der Waals surface area (Å²) >= 11 is 0. The van der Waals surface area contributed by atoms with E-state index in [1.54, 1.807) is 42.5 Å². The number of carbonyl (C=O) groups excluding carboxylic acids is 2. The van der Waals surface area contributed by atoms with Gasteiger partial charge in [0.2, 0.25) is 5.95 Å². The van der Waals surface area contributed by atoms with E-state index in [1.165, 1.54) is 6.92 Å². The summed E-state index contributed by atoms with van der Waals surface area (Å²) in [5.74, 6) is 0.0777. The number of anilines is 3. The van der Waals surface area contributed by atoms with Gasteiger partial charge in [0.15, 0.2) is 5.78 Å². The second-order valence-corrected chi connectivity index (χ2v) is 6.24. The zero-order valence-corrected chi connectivity index (χ0v) is 15.4. The molecule has 0 aliphatic heterocycles. The van der Waals surface area contributed by atoms with Crippen molar-refractivity contribution in [1.29, 1.82) is 0 Å². The number of aromatic nitrogens is 2. The van der Waals surface area contributed by atoms with Gasteiger partial charge in [-0.1, -0.05) is 18.2 Å². The normalized spacial score (nSPS) is 10.3. The number of hydrogen-bond acceptors (Lipinski definition) is 5. The molecule has 0 spiro atoms. The van der Waals surface area contributed by atoms with Gasteiger partial charge in [0, 0.05) is 28.2 Å². The van der Waals surface area contributed by atoms with Gasteiger partial charge in [0.1, 0.15) is 0 Å². The largest absolute Gasteiger partial charge is 0.324 e. The predicted molar refractivity (Wildman–Crippen MR) is 106 cm³/mol.